The number of fused-ring (bicyclic) bond motifs is 1. The van der Waals surface area contributed by atoms with Crippen LogP contribution in [0.4, 0.5) is 0 Å². The van der Waals surface area contributed by atoms with Gasteiger partial charge < -0.3 is 14.4 Å². The van der Waals surface area contributed by atoms with Gasteiger partial charge in [0.1, 0.15) is 24.3 Å². The predicted molar refractivity (Wildman–Crippen MR) is 127 cm³/mol. The molecule has 0 radical (unpaired) electrons. The molecule has 1 aromatic heterocycles. The van der Waals surface area contributed by atoms with Crippen LogP contribution < -0.4 is 9.47 Å². The van der Waals surface area contributed by atoms with Crippen molar-refractivity contribution in [2.75, 3.05) is 32.8 Å². The summed E-state index contributed by atoms with van der Waals surface area (Å²) >= 11 is 0. The number of aryl methyl sites for hydroxylation is 2. The maximum absolute atomic E-state index is 12.8. The van der Waals surface area contributed by atoms with Crippen molar-refractivity contribution in [3.05, 3.63) is 46.9 Å². The predicted octanol–water partition coefficient (Wildman–Crippen LogP) is 3.56. The smallest absolute Gasteiger partial charge is 0.226 e. The summed E-state index contributed by atoms with van der Waals surface area (Å²) in [5, 5.41) is 0. The molecule has 0 bridgehead atoms. The molecule has 1 fully saturated rings. The number of hydrogen-bond donors (Lipinski definition) is 0. The molecule has 1 amide bonds. The summed E-state index contributed by atoms with van der Waals surface area (Å²) in [4.78, 5) is 26.0. The second kappa shape index (κ2) is 10.5. The zero-order valence-electron chi connectivity index (χ0n) is 20.3. The standard InChI is InChI=1S/C26H36N4O3/c1-5-30(6-2)26(31)21-10-8-12-29(16-21)15-20-9-7-11-22(13-20)32-17-23-14-24-18(3)27-19(4)28-25(24)33-23/h7,9,11,13,21,23H,5-6,8,10,12,14-17H2,1-4H3. The van der Waals surface area contributed by atoms with Crippen LogP contribution in [0, 0.1) is 19.8 Å². The van der Waals surface area contributed by atoms with E-state index in [1.807, 2.05) is 30.9 Å². The largest absolute Gasteiger partial charge is 0.490 e. The van der Waals surface area contributed by atoms with E-state index in [4.69, 9.17) is 9.47 Å². The van der Waals surface area contributed by atoms with Gasteiger partial charge in [0.05, 0.1) is 5.92 Å². The van der Waals surface area contributed by atoms with Gasteiger partial charge in [0, 0.05) is 43.9 Å². The molecule has 33 heavy (non-hydrogen) atoms. The SMILES string of the molecule is CCN(CC)C(=O)C1CCCN(Cc2cccc(OCC3Cc4c(C)nc(C)nc4O3)c2)C1. The Labute approximate surface area is 197 Å². The molecule has 2 aliphatic rings. The van der Waals surface area contributed by atoms with Crippen LogP contribution in [0.3, 0.4) is 0 Å². The number of nitrogens with zero attached hydrogens (tertiary/aromatic N) is 4. The van der Waals surface area contributed by atoms with Crippen LogP contribution in [0.15, 0.2) is 24.3 Å². The number of benzene rings is 1. The van der Waals surface area contributed by atoms with Gasteiger partial charge in [0.15, 0.2) is 0 Å². The van der Waals surface area contributed by atoms with Crippen LogP contribution in [-0.4, -0.2) is 64.6 Å². The summed E-state index contributed by atoms with van der Waals surface area (Å²) in [7, 11) is 0. The van der Waals surface area contributed by atoms with Crippen molar-refractivity contribution in [2.45, 2.75) is 59.6 Å². The zero-order valence-corrected chi connectivity index (χ0v) is 20.3. The molecule has 0 spiro atoms. The zero-order chi connectivity index (χ0) is 23.4. The van der Waals surface area contributed by atoms with Crippen molar-refractivity contribution < 1.29 is 14.3 Å². The summed E-state index contributed by atoms with van der Waals surface area (Å²) in [5.74, 6) is 2.68. The van der Waals surface area contributed by atoms with Gasteiger partial charge in [0.25, 0.3) is 0 Å². The van der Waals surface area contributed by atoms with Gasteiger partial charge in [-0.05, 0) is 64.8 Å². The number of amides is 1. The van der Waals surface area contributed by atoms with Gasteiger partial charge in [-0.2, -0.15) is 4.98 Å². The molecule has 7 heteroatoms. The lowest BCUT2D eigenvalue weighted by Crippen LogP contribution is -2.44. The molecule has 4 rings (SSSR count). The highest BCUT2D eigenvalue weighted by Crippen LogP contribution is 2.29. The van der Waals surface area contributed by atoms with Crippen LogP contribution in [0.5, 0.6) is 11.6 Å². The molecule has 0 N–H and O–H groups in total. The quantitative estimate of drug-likeness (QED) is 0.610. The number of likely N-dealkylation sites (tertiary alicyclic amines) is 1. The van der Waals surface area contributed by atoms with E-state index < -0.39 is 0 Å². The van der Waals surface area contributed by atoms with E-state index in [0.29, 0.717) is 18.4 Å². The maximum atomic E-state index is 12.8. The molecule has 1 aromatic carbocycles. The molecule has 1 saturated heterocycles. The molecule has 2 atom stereocenters. The number of carbonyl (C=O) groups is 1. The number of rotatable bonds is 8. The topological polar surface area (TPSA) is 67.8 Å². The molecule has 2 aromatic rings. The Kier molecular flexibility index (Phi) is 7.48. The molecule has 178 valence electrons. The van der Waals surface area contributed by atoms with Crippen molar-refractivity contribution >= 4 is 5.91 Å². The molecular weight excluding hydrogens is 416 g/mol. The fourth-order valence-electron chi connectivity index (χ4n) is 4.93. The highest BCUT2D eigenvalue weighted by atomic mass is 16.5. The summed E-state index contributed by atoms with van der Waals surface area (Å²) in [6.07, 6.45) is 2.78. The minimum absolute atomic E-state index is 0.0487. The third-order valence-electron chi connectivity index (χ3n) is 6.67. The van der Waals surface area contributed by atoms with Gasteiger partial charge in [0.2, 0.25) is 11.8 Å². The highest BCUT2D eigenvalue weighted by Gasteiger charge is 2.29. The Morgan fingerprint density at radius 3 is 2.85 bits per heavy atom. The molecule has 2 unspecified atom stereocenters. The lowest BCUT2D eigenvalue weighted by molar-refractivity contribution is -0.137. The monoisotopic (exact) mass is 452 g/mol. The summed E-state index contributed by atoms with van der Waals surface area (Å²) in [6, 6.07) is 8.26. The first-order valence-electron chi connectivity index (χ1n) is 12.2. The second-order valence-corrected chi connectivity index (χ2v) is 9.13. The normalized spacial score (nSPS) is 20.2. The van der Waals surface area contributed by atoms with Gasteiger partial charge in [-0.3, -0.25) is 9.69 Å². The minimum Gasteiger partial charge on any atom is -0.490 e. The van der Waals surface area contributed by atoms with Crippen molar-refractivity contribution in [1.82, 2.24) is 19.8 Å². The Morgan fingerprint density at radius 1 is 1.24 bits per heavy atom. The van der Waals surface area contributed by atoms with Gasteiger partial charge in [-0.25, -0.2) is 4.98 Å². The van der Waals surface area contributed by atoms with Gasteiger partial charge >= 0.3 is 0 Å². The number of aromatic nitrogens is 2. The summed E-state index contributed by atoms with van der Waals surface area (Å²) in [6.45, 7) is 12.7. The Hall–Kier alpha value is -2.67. The van der Waals surface area contributed by atoms with Crippen molar-refractivity contribution in [3.63, 3.8) is 0 Å². The Morgan fingerprint density at radius 2 is 2.06 bits per heavy atom. The molecule has 0 saturated carbocycles. The number of piperidine rings is 1. The van der Waals surface area contributed by atoms with E-state index >= 15 is 0 Å². The highest BCUT2D eigenvalue weighted by molar-refractivity contribution is 5.79. The molecular formula is C26H36N4O3. The number of hydrogen-bond acceptors (Lipinski definition) is 6. The van der Waals surface area contributed by atoms with E-state index in [0.717, 1.165) is 74.8 Å². The fourth-order valence-corrected chi connectivity index (χ4v) is 4.93. The van der Waals surface area contributed by atoms with E-state index in [1.54, 1.807) is 0 Å². The van der Waals surface area contributed by atoms with Crippen molar-refractivity contribution in [3.8, 4) is 11.6 Å². The number of ether oxygens (including phenoxy) is 2. The van der Waals surface area contributed by atoms with Crippen LogP contribution in [0.1, 0.15) is 49.3 Å². The van der Waals surface area contributed by atoms with Crippen LogP contribution in [-0.2, 0) is 17.8 Å². The first-order valence-corrected chi connectivity index (χ1v) is 12.2. The van der Waals surface area contributed by atoms with Crippen molar-refractivity contribution in [1.29, 1.82) is 0 Å². The average Bonchev–Trinajstić information content (AvgIpc) is 3.22. The van der Waals surface area contributed by atoms with E-state index in [-0.39, 0.29) is 12.0 Å². The first kappa shape index (κ1) is 23.5. The molecule has 7 nitrogen and oxygen atoms in total. The molecule has 0 aliphatic carbocycles. The Balaban J connectivity index is 1.31. The lowest BCUT2D eigenvalue weighted by atomic mass is 9.96. The first-order chi connectivity index (χ1) is 16.0. The second-order valence-electron chi connectivity index (χ2n) is 9.13. The minimum atomic E-state index is -0.0487. The average molecular weight is 453 g/mol. The van der Waals surface area contributed by atoms with E-state index in [9.17, 15) is 4.79 Å². The third kappa shape index (κ3) is 5.64. The summed E-state index contributed by atoms with van der Waals surface area (Å²) < 4.78 is 12.1. The molecule has 2 aliphatic heterocycles. The van der Waals surface area contributed by atoms with Crippen LogP contribution >= 0.6 is 0 Å². The maximum Gasteiger partial charge on any atom is 0.226 e. The van der Waals surface area contributed by atoms with Gasteiger partial charge in [-0.1, -0.05) is 12.1 Å². The third-order valence-corrected chi connectivity index (χ3v) is 6.67. The Bertz CT molecular complexity index is 976. The van der Waals surface area contributed by atoms with Gasteiger partial charge in [-0.15, -0.1) is 0 Å². The van der Waals surface area contributed by atoms with Crippen LogP contribution in [0.25, 0.3) is 0 Å². The van der Waals surface area contributed by atoms with Crippen LogP contribution in [0.2, 0.25) is 0 Å². The molecule has 3 heterocycles. The number of carbonyl (C=O) groups excluding carboxylic acids is 1. The lowest BCUT2D eigenvalue weighted by Gasteiger charge is -2.34. The summed E-state index contributed by atoms with van der Waals surface area (Å²) in [5.41, 5.74) is 3.28. The van der Waals surface area contributed by atoms with E-state index in [1.165, 1.54) is 5.56 Å². The fraction of sp³-hybridized carbons (Fsp3) is 0.577. The van der Waals surface area contributed by atoms with E-state index in [2.05, 4.69) is 40.8 Å². The van der Waals surface area contributed by atoms with Crippen molar-refractivity contribution in [2.24, 2.45) is 5.92 Å².